The number of hydrogen-bond donors (Lipinski definition) is 3. The zero-order chi connectivity index (χ0) is 27.5. The first-order chi connectivity index (χ1) is 17.8. The molecule has 2 aromatic carbocycles. The summed E-state index contributed by atoms with van der Waals surface area (Å²) < 4.78 is 47.7. The SMILES string of the molecule is CN(C=N)C(=N)CC1(c2cccc(N3Cc4c(cc(CN5CC(C)(O)C5)cc4C(F)(F)F)C3=O)c2)COC1. The highest BCUT2D eigenvalue weighted by molar-refractivity contribution is 6.10. The molecule has 0 aromatic heterocycles. The van der Waals surface area contributed by atoms with Gasteiger partial charge in [0.05, 0.1) is 37.3 Å². The number of halogens is 3. The number of nitrogens with zero attached hydrogens (tertiary/aromatic N) is 3. The van der Waals surface area contributed by atoms with E-state index in [0.29, 0.717) is 44.0 Å². The molecule has 3 N–H and O–H groups in total. The van der Waals surface area contributed by atoms with Crippen molar-refractivity contribution in [3.63, 3.8) is 0 Å². The van der Waals surface area contributed by atoms with Gasteiger partial charge >= 0.3 is 6.18 Å². The second-order valence-electron chi connectivity index (χ2n) is 10.9. The molecule has 2 fully saturated rings. The molecular formula is C27H30F3N5O3. The van der Waals surface area contributed by atoms with Crippen LogP contribution in [-0.2, 0) is 29.4 Å². The Morgan fingerprint density at radius 3 is 2.53 bits per heavy atom. The Balaban J connectivity index is 1.44. The fourth-order valence-corrected chi connectivity index (χ4v) is 5.55. The molecule has 1 amide bonds. The first kappa shape index (κ1) is 26.3. The number of likely N-dealkylation sites (tertiary alicyclic amines) is 1. The maximum absolute atomic E-state index is 14.1. The normalized spacial score (nSPS) is 19.9. The number of amides is 1. The van der Waals surface area contributed by atoms with Crippen molar-refractivity contribution in [1.82, 2.24) is 9.80 Å². The Morgan fingerprint density at radius 1 is 1.24 bits per heavy atom. The summed E-state index contributed by atoms with van der Waals surface area (Å²) in [5.41, 5.74) is -0.469. The summed E-state index contributed by atoms with van der Waals surface area (Å²) in [7, 11) is 1.62. The van der Waals surface area contributed by atoms with Gasteiger partial charge in [-0.15, -0.1) is 0 Å². The van der Waals surface area contributed by atoms with Gasteiger partial charge in [0.25, 0.3) is 5.91 Å². The predicted molar refractivity (Wildman–Crippen MR) is 136 cm³/mol. The molecule has 0 bridgehead atoms. The standard InChI is InChI=1S/C27H30F3N5O3/c1-25(37)12-34(13-25)10-17-6-20-21(22(7-17)27(28,29)30)11-35(24(20)36)19-5-3-4-18(8-19)26(14-38-15-26)9-23(32)33(2)16-31/h3-8,16,31-32,37H,9-15H2,1-2H3. The molecule has 0 radical (unpaired) electrons. The second kappa shape index (κ2) is 9.18. The van der Waals surface area contributed by atoms with E-state index in [1.54, 1.807) is 38.2 Å². The first-order valence-corrected chi connectivity index (χ1v) is 12.3. The molecule has 0 spiro atoms. The summed E-state index contributed by atoms with van der Waals surface area (Å²) in [5, 5.41) is 25.7. The minimum absolute atomic E-state index is 0.0386. The number of β-amino-alcohol motifs (C(OH)–C–C–N with tert-alkyl or cyclic N) is 1. The van der Waals surface area contributed by atoms with E-state index >= 15 is 0 Å². The van der Waals surface area contributed by atoms with Crippen molar-refractivity contribution < 1.29 is 27.8 Å². The summed E-state index contributed by atoms with van der Waals surface area (Å²) in [6.07, 6.45) is -3.24. The Bertz CT molecular complexity index is 1300. The van der Waals surface area contributed by atoms with Crippen molar-refractivity contribution in [2.45, 2.75) is 43.6 Å². The summed E-state index contributed by atoms with van der Waals surface area (Å²) in [6.45, 7) is 3.15. The lowest BCUT2D eigenvalue weighted by Gasteiger charge is -2.44. The van der Waals surface area contributed by atoms with Crippen LogP contribution in [0.5, 0.6) is 0 Å². The maximum atomic E-state index is 14.1. The maximum Gasteiger partial charge on any atom is 0.416 e. The lowest BCUT2D eigenvalue weighted by atomic mass is 9.75. The molecule has 3 heterocycles. The lowest BCUT2D eigenvalue weighted by Crippen LogP contribution is -2.59. The van der Waals surface area contributed by atoms with Gasteiger partial charge in [0.15, 0.2) is 0 Å². The van der Waals surface area contributed by atoms with Gasteiger partial charge in [-0.1, -0.05) is 12.1 Å². The number of anilines is 1. The van der Waals surface area contributed by atoms with Crippen LogP contribution in [0.4, 0.5) is 18.9 Å². The van der Waals surface area contributed by atoms with Crippen LogP contribution in [0.25, 0.3) is 0 Å². The molecule has 38 heavy (non-hydrogen) atoms. The van der Waals surface area contributed by atoms with Gasteiger partial charge < -0.3 is 19.6 Å². The third kappa shape index (κ3) is 4.70. The van der Waals surface area contributed by atoms with E-state index in [0.717, 1.165) is 18.0 Å². The number of carbonyl (C=O) groups is 1. The Labute approximate surface area is 218 Å². The van der Waals surface area contributed by atoms with Gasteiger partial charge in [-0.25, -0.2) is 0 Å². The molecule has 0 atom stereocenters. The van der Waals surface area contributed by atoms with Crippen LogP contribution < -0.4 is 4.90 Å². The highest BCUT2D eigenvalue weighted by Gasteiger charge is 2.44. The minimum Gasteiger partial charge on any atom is -0.388 e. The molecule has 8 nitrogen and oxygen atoms in total. The summed E-state index contributed by atoms with van der Waals surface area (Å²) in [4.78, 5) is 18.1. The number of alkyl halides is 3. The molecule has 202 valence electrons. The van der Waals surface area contributed by atoms with E-state index in [1.807, 2.05) is 11.0 Å². The van der Waals surface area contributed by atoms with Crippen molar-refractivity contribution in [2.24, 2.45) is 0 Å². The fourth-order valence-electron chi connectivity index (χ4n) is 5.55. The quantitative estimate of drug-likeness (QED) is 0.376. The number of aliphatic hydroxyl groups is 1. The van der Waals surface area contributed by atoms with Crippen LogP contribution in [0.1, 0.15) is 46.0 Å². The van der Waals surface area contributed by atoms with Crippen LogP contribution in [0.2, 0.25) is 0 Å². The van der Waals surface area contributed by atoms with E-state index in [9.17, 15) is 23.1 Å². The largest absolute Gasteiger partial charge is 0.416 e. The lowest BCUT2D eigenvalue weighted by molar-refractivity contribution is -0.138. The van der Waals surface area contributed by atoms with Gasteiger partial charge in [0.2, 0.25) is 0 Å². The van der Waals surface area contributed by atoms with Crippen molar-refractivity contribution in [1.29, 1.82) is 10.8 Å². The van der Waals surface area contributed by atoms with Gasteiger partial charge in [-0.3, -0.25) is 20.5 Å². The van der Waals surface area contributed by atoms with Crippen LogP contribution in [0.3, 0.4) is 0 Å². The smallest absolute Gasteiger partial charge is 0.388 e. The molecule has 3 aliphatic heterocycles. The van der Waals surface area contributed by atoms with Gasteiger partial charge in [0.1, 0.15) is 5.84 Å². The van der Waals surface area contributed by atoms with Crippen LogP contribution in [-0.4, -0.2) is 71.9 Å². The zero-order valence-electron chi connectivity index (χ0n) is 21.2. The van der Waals surface area contributed by atoms with E-state index in [-0.39, 0.29) is 30.1 Å². The number of ether oxygens (including phenoxy) is 1. The van der Waals surface area contributed by atoms with Crippen LogP contribution in [0.15, 0.2) is 36.4 Å². The molecule has 0 saturated carbocycles. The van der Waals surface area contributed by atoms with Crippen molar-refractivity contribution in [3.05, 3.63) is 64.2 Å². The number of carbonyl (C=O) groups excluding carboxylic acids is 1. The molecule has 11 heteroatoms. The van der Waals surface area contributed by atoms with Gasteiger partial charge in [0, 0.05) is 49.8 Å². The minimum atomic E-state index is -4.62. The highest BCUT2D eigenvalue weighted by atomic mass is 19.4. The molecule has 5 rings (SSSR count). The van der Waals surface area contributed by atoms with E-state index < -0.39 is 28.7 Å². The number of hydrogen-bond acceptors (Lipinski definition) is 6. The monoisotopic (exact) mass is 529 g/mol. The highest BCUT2D eigenvalue weighted by Crippen LogP contribution is 2.42. The van der Waals surface area contributed by atoms with Crippen molar-refractivity contribution in [3.8, 4) is 0 Å². The van der Waals surface area contributed by atoms with Gasteiger partial charge in [-0.2, -0.15) is 13.2 Å². The Kier molecular flexibility index (Phi) is 6.36. The molecule has 0 aliphatic carbocycles. The third-order valence-electron chi connectivity index (χ3n) is 7.59. The predicted octanol–water partition coefficient (Wildman–Crippen LogP) is 3.61. The zero-order valence-corrected chi connectivity index (χ0v) is 21.2. The first-order valence-electron chi connectivity index (χ1n) is 12.3. The Hall–Kier alpha value is -3.28. The number of fused-ring (bicyclic) bond motifs is 1. The average Bonchev–Trinajstić information content (AvgIpc) is 3.14. The molecule has 2 saturated heterocycles. The molecular weight excluding hydrogens is 499 g/mol. The molecule has 2 aromatic rings. The number of amidine groups is 1. The Morgan fingerprint density at radius 2 is 1.95 bits per heavy atom. The third-order valence-corrected chi connectivity index (χ3v) is 7.59. The average molecular weight is 530 g/mol. The van der Waals surface area contributed by atoms with E-state index in [2.05, 4.69) is 0 Å². The molecule has 3 aliphatic rings. The van der Waals surface area contributed by atoms with Crippen LogP contribution in [0, 0.1) is 10.8 Å². The topological polar surface area (TPSA) is 104 Å². The number of benzene rings is 2. The van der Waals surface area contributed by atoms with E-state index in [1.165, 1.54) is 9.80 Å². The number of rotatable bonds is 7. The summed E-state index contributed by atoms with van der Waals surface area (Å²) in [5.74, 6) is -0.250. The summed E-state index contributed by atoms with van der Waals surface area (Å²) >= 11 is 0. The van der Waals surface area contributed by atoms with Crippen LogP contribution >= 0.6 is 0 Å². The van der Waals surface area contributed by atoms with Crippen molar-refractivity contribution >= 4 is 23.8 Å². The fraction of sp³-hybridized carbons (Fsp3) is 0.444. The second-order valence-corrected chi connectivity index (χ2v) is 10.9. The van der Waals surface area contributed by atoms with Crippen molar-refractivity contribution in [2.75, 3.05) is 38.3 Å². The number of nitrogens with one attached hydrogen (secondary N) is 2. The summed E-state index contributed by atoms with van der Waals surface area (Å²) in [6, 6.07) is 9.78. The van der Waals surface area contributed by atoms with Gasteiger partial charge in [-0.05, 0) is 47.9 Å². The van der Waals surface area contributed by atoms with E-state index in [4.69, 9.17) is 15.6 Å². The molecule has 0 unspecified atom stereocenters.